The van der Waals surface area contributed by atoms with Gasteiger partial charge in [-0.1, -0.05) is 6.07 Å². The summed E-state index contributed by atoms with van der Waals surface area (Å²) in [7, 11) is 2.11. The minimum Gasteiger partial charge on any atom is -0.393 e. The summed E-state index contributed by atoms with van der Waals surface area (Å²) in [4.78, 5) is 4.51. The Morgan fingerprint density at radius 2 is 1.90 bits per heavy atom. The second-order valence-electron chi connectivity index (χ2n) is 6.18. The largest absolute Gasteiger partial charge is 0.393 e. The number of hydrogen-bond donors (Lipinski definition) is 1. The number of halogens is 1. The van der Waals surface area contributed by atoms with Crippen molar-refractivity contribution in [1.29, 1.82) is 0 Å². The summed E-state index contributed by atoms with van der Waals surface area (Å²) in [6.07, 6.45) is 4.31. The van der Waals surface area contributed by atoms with Crippen molar-refractivity contribution in [3.8, 4) is 0 Å². The third-order valence-corrected chi connectivity index (χ3v) is 4.46. The van der Waals surface area contributed by atoms with Gasteiger partial charge in [-0.2, -0.15) is 0 Å². The molecule has 1 aromatic rings. The number of likely N-dealkylation sites (tertiary alicyclic amines) is 1. The van der Waals surface area contributed by atoms with Gasteiger partial charge in [-0.15, -0.1) is 0 Å². The molecule has 0 saturated carbocycles. The predicted octanol–water partition coefficient (Wildman–Crippen LogP) is 2.89. The topological polar surface area (TPSA) is 26.7 Å². The van der Waals surface area contributed by atoms with Gasteiger partial charge in [0.25, 0.3) is 0 Å². The lowest BCUT2D eigenvalue weighted by Gasteiger charge is -2.32. The van der Waals surface area contributed by atoms with Gasteiger partial charge in [0.05, 0.1) is 6.10 Å². The minimum absolute atomic E-state index is 0.0452. The number of rotatable bonds is 1. The molecule has 0 amide bonds. The molecule has 2 saturated heterocycles. The lowest BCUT2D eigenvalue weighted by Crippen LogP contribution is -2.39. The monoisotopic (exact) mass is 294 g/mol. The van der Waals surface area contributed by atoms with Crippen LogP contribution in [0.3, 0.4) is 0 Å². The Morgan fingerprint density at radius 3 is 2.48 bits per heavy atom. The smallest absolute Gasteiger partial charge is 0.125 e. The molecule has 0 aliphatic carbocycles. The molecule has 2 aliphatic rings. The lowest BCUT2D eigenvalue weighted by atomic mass is 10.0. The van der Waals surface area contributed by atoms with Crippen molar-refractivity contribution in [1.82, 2.24) is 4.90 Å². The highest BCUT2D eigenvalue weighted by Gasteiger charge is 2.20. The maximum atomic E-state index is 12.8. The number of nitrogens with zero attached hydrogens (tertiary/aromatic N) is 2. The molecular formula is C17H27FN2O. The highest BCUT2D eigenvalue weighted by Crippen LogP contribution is 2.20. The van der Waals surface area contributed by atoms with E-state index in [2.05, 4.69) is 23.8 Å². The highest BCUT2D eigenvalue weighted by molar-refractivity contribution is 5.46. The zero-order valence-electron chi connectivity index (χ0n) is 13.1. The molecule has 2 unspecified atom stereocenters. The Morgan fingerprint density at radius 1 is 1.19 bits per heavy atom. The molecule has 1 N–H and O–H groups in total. The molecule has 2 atom stereocenters. The molecule has 118 valence electrons. The van der Waals surface area contributed by atoms with E-state index >= 15 is 0 Å². The molecule has 1 aromatic carbocycles. The van der Waals surface area contributed by atoms with E-state index in [1.54, 1.807) is 12.1 Å². The molecule has 3 nitrogen and oxygen atoms in total. The SMILES string of the molecule is CC1CC(O)CCN1C.Fc1cccc(N2CCCC2)c1. The van der Waals surface area contributed by atoms with Gasteiger partial charge in [-0.3, -0.25) is 0 Å². The van der Waals surface area contributed by atoms with Crippen LogP contribution in [0.5, 0.6) is 0 Å². The van der Waals surface area contributed by atoms with Crippen molar-refractivity contribution >= 4 is 5.69 Å². The number of aliphatic hydroxyl groups excluding tert-OH is 1. The van der Waals surface area contributed by atoms with Crippen LogP contribution in [-0.4, -0.2) is 48.8 Å². The Hall–Kier alpha value is -1.13. The van der Waals surface area contributed by atoms with Gasteiger partial charge in [0.1, 0.15) is 5.82 Å². The summed E-state index contributed by atoms with van der Waals surface area (Å²) in [5, 5.41) is 9.17. The minimum atomic E-state index is -0.139. The normalized spacial score (nSPS) is 26.4. The van der Waals surface area contributed by atoms with Crippen molar-refractivity contribution in [2.75, 3.05) is 31.6 Å². The van der Waals surface area contributed by atoms with Crippen LogP contribution in [-0.2, 0) is 0 Å². The summed E-state index contributed by atoms with van der Waals surface area (Å²) >= 11 is 0. The predicted molar refractivity (Wildman–Crippen MR) is 85.2 cm³/mol. The first-order chi connectivity index (χ1) is 10.1. The molecule has 4 heteroatoms. The fraction of sp³-hybridized carbons (Fsp3) is 0.647. The summed E-state index contributed by atoms with van der Waals surface area (Å²) < 4.78 is 12.8. The molecular weight excluding hydrogens is 267 g/mol. The van der Waals surface area contributed by atoms with Crippen LogP contribution in [0.2, 0.25) is 0 Å². The lowest BCUT2D eigenvalue weighted by molar-refractivity contribution is 0.0624. The van der Waals surface area contributed by atoms with E-state index in [-0.39, 0.29) is 11.9 Å². The Balaban J connectivity index is 0.000000161. The summed E-state index contributed by atoms with van der Waals surface area (Å²) in [6, 6.07) is 7.39. The quantitative estimate of drug-likeness (QED) is 0.863. The molecule has 0 spiro atoms. The summed E-state index contributed by atoms with van der Waals surface area (Å²) in [5.74, 6) is -0.139. The molecule has 0 radical (unpaired) electrons. The summed E-state index contributed by atoms with van der Waals surface area (Å²) in [5.41, 5.74) is 1.02. The van der Waals surface area contributed by atoms with Crippen LogP contribution in [0.15, 0.2) is 24.3 Å². The van der Waals surface area contributed by atoms with E-state index in [0.717, 1.165) is 38.2 Å². The van der Waals surface area contributed by atoms with Crippen molar-refractivity contribution in [2.24, 2.45) is 0 Å². The van der Waals surface area contributed by atoms with E-state index < -0.39 is 0 Å². The highest BCUT2D eigenvalue weighted by atomic mass is 19.1. The number of piperidine rings is 1. The van der Waals surface area contributed by atoms with Crippen LogP contribution in [0.25, 0.3) is 0 Å². The molecule has 2 heterocycles. The fourth-order valence-electron chi connectivity index (χ4n) is 2.91. The van der Waals surface area contributed by atoms with Gasteiger partial charge in [0.15, 0.2) is 0 Å². The van der Waals surface area contributed by atoms with Crippen LogP contribution < -0.4 is 4.90 Å². The molecule has 2 aliphatic heterocycles. The number of anilines is 1. The van der Waals surface area contributed by atoms with Gasteiger partial charge >= 0.3 is 0 Å². The third kappa shape index (κ3) is 4.97. The first kappa shape index (κ1) is 16.2. The van der Waals surface area contributed by atoms with Gasteiger partial charge in [-0.25, -0.2) is 4.39 Å². The maximum absolute atomic E-state index is 12.8. The van der Waals surface area contributed by atoms with Gasteiger partial charge in [0.2, 0.25) is 0 Å². The molecule has 2 fully saturated rings. The molecule has 0 aromatic heterocycles. The molecule has 21 heavy (non-hydrogen) atoms. The van der Waals surface area contributed by atoms with Crippen LogP contribution in [0.1, 0.15) is 32.6 Å². The number of hydrogen-bond acceptors (Lipinski definition) is 3. The Labute approximate surface area is 127 Å². The van der Waals surface area contributed by atoms with E-state index in [0.29, 0.717) is 6.04 Å². The van der Waals surface area contributed by atoms with Crippen molar-refractivity contribution in [3.05, 3.63) is 30.1 Å². The van der Waals surface area contributed by atoms with E-state index in [1.165, 1.54) is 18.9 Å². The second kappa shape index (κ2) is 7.76. The second-order valence-corrected chi connectivity index (χ2v) is 6.18. The number of aliphatic hydroxyl groups is 1. The molecule has 0 bridgehead atoms. The van der Waals surface area contributed by atoms with Crippen LogP contribution in [0, 0.1) is 5.82 Å². The first-order valence-corrected chi connectivity index (χ1v) is 7.95. The Kier molecular flexibility index (Phi) is 6.00. The fourth-order valence-corrected chi connectivity index (χ4v) is 2.91. The zero-order chi connectivity index (χ0) is 15.2. The third-order valence-electron chi connectivity index (χ3n) is 4.46. The van der Waals surface area contributed by atoms with E-state index in [4.69, 9.17) is 0 Å². The van der Waals surface area contributed by atoms with Gasteiger partial charge in [-0.05, 0) is 57.9 Å². The average molecular weight is 294 g/mol. The number of benzene rings is 1. The summed E-state index contributed by atoms with van der Waals surface area (Å²) in [6.45, 7) is 5.34. The average Bonchev–Trinajstić information content (AvgIpc) is 2.98. The van der Waals surface area contributed by atoms with Crippen molar-refractivity contribution in [2.45, 2.75) is 44.8 Å². The van der Waals surface area contributed by atoms with Crippen LogP contribution >= 0.6 is 0 Å². The maximum Gasteiger partial charge on any atom is 0.125 e. The van der Waals surface area contributed by atoms with E-state index in [9.17, 15) is 9.50 Å². The first-order valence-electron chi connectivity index (χ1n) is 7.95. The van der Waals surface area contributed by atoms with Crippen LogP contribution in [0.4, 0.5) is 10.1 Å². The van der Waals surface area contributed by atoms with E-state index in [1.807, 2.05) is 6.07 Å². The standard InChI is InChI=1S/C10H12FN.C7H15NO/c11-9-4-3-5-10(8-9)12-6-1-2-7-12;1-6-5-7(9)3-4-8(6)2/h3-5,8H,1-2,6-7H2;6-7,9H,3-5H2,1-2H3. The zero-order valence-corrected chi connectivity index (χ0v) is 13.1. The van der Waals surface area contributed by atoms with Gasteiger partial charge < -0.3 is 14.9 Å². The molecule has 3 rings (SSSR count). The van der Waals surface area contributed by atoms with Gasteiger partial charge in [0, 0.05) is 31.4 Å². The van der Waals surface area contributed by atoms with Crippen molar-refractivity contribution in [3.63, 3.8) is 0 Å². The Bertz CT molecular complexity index is 435. The van der Waals surface area contributed by atoms with Crippen molar-refractivity contribution < 1.29 is 9.50 Å².